The van der Waals surface area contributed by atoms with E-state index in [2.05, 4.69) is 82.5 Å². The number of aliphatic hydroxyl groups excluding tert-OH is 1. The van der Waals surface area contributed by atoms with Crippen molar-refractivity contribution in [2.45, 2.75) is 189 Å². The Hall–Kier alpha value is -3.44. The average Bonchev–Trinajstić information content (AvgIpc) is 3.87. The zero-order valence-electron chi connectivity index (χ0n) is 38.8. The maximum atomic E-state index is 8.68. The number of ether oxygens (including phenoxy) is 4. The molecule has 3 aromatic rings. The van der Waals surface area contributed by atoms with Crippen LogP contribution in [0.2, 0.25) is 0 Å². The molecule has 0 saturated heterocycles. The summed E-state index contributed by atoms with van der Waals surface area (Å²) in [6, 6.07) is 21.0. The van der Waals surface area contributed by atoms with Gasteiger partial charge in [-0.2, -0.15) is 0 Å². The van der Waals surface area contributed by atoms with Crippen molar-refractivity contribution >= 4 is 0 Å². The van der Waals surface area contributed by atoms with Crippen LogP contribution in [0.15, 0.2) is 73.8 Å². The molecule has 1 saturated carbocycles. The van der Waals surface area contributed by atoms with Crippen molar-refractivity contribution in [3.05, 3.63) is 73.8 Å². The van der Waals surface area contributed by atoms with E-state index in [0.717, 1.165) is 84.1 Å². The average molecular weight is 805 g/mol. The van der Waals surface area contributed by atoms with Gasteiger partial charge in [0.05, 0.1) is 33.5 Å². The van der Waals surface area contributed by atoms with E-state index in [4.69, 9.17) is 24.1 Å². The van der Waals surface area contributed by atoms with E-state index in [0.29, 0.717) is 0 Å². The van der Waals surface area contributed by atoms with E-state index in [9.17, 15) is 0 Å². The second-order valence-corrected chi connectivity index (χ2v) is 15.0. The van der Waals surface area contributed by atoms with E-state index in [1.807, 2.05) is 32.9 Å². The van der Waals surface area contributed by atoms with Crippen molar-refractivity contribution < 1.29 is 24.1 Å². The predicted molar refractivity (Wildman–Crippen MR) is 254 cm³/mol. The topological polar surface area (TPSA) is 57.2 Å². The van der Waals surface area contributed by atoms with E-state index in [1.54, 1.807) is 14.2 Å². The molecular formula is C53H88O5. The molecule has 0 amide bonds. The zero-order valence-corrected chi connectivity index (χ0v) is 38.8. The van der Waals surface area contributed by atoms with Crippen molar-refractivity contribution in [1.82, 2.24) is 0 Å². The Kier molecular flexibility index (Phi) is 36.7. The minimum absolute atomic E-state index is 0.0973. The summed E-state index contributed by atoms with van der Waals surface area (Å²) in [4.78, 5) is 0. The van der Waals surface area contributed by atoms with Gasteiger partial charge in [-0.15, -0.1) is 13.2 Å². The summed E-state index contributed by atoms with van der Waals surface area (Å²) in [5, 5.41) is 8.68. The van der Waals surface area contributed by atoms with Gasteiger partial charge in [0.25, 0.3) is 0 Å². The fourth-order valence-electron chi connectivity index (χ4n) is 6.65. The molecule has 3 aromatic carbocycles. The highest BCUT2D eigenvalue weighted by molar-refractivity contribution is 5.73. The van der Waals surface area contributed by atoms with Crippen molar-refractivity contribution in [2.75, 3.05) is 27.4 Å². The fraction of sp³-hybridized carbons (Fsp3) is 0.623. The van der Waals surface area contributed by atoms with Crippen LogP contribution in [0.1, 0.15) is 183 Å². The molecule has 1 unspecified atom stereocenters. The van der Waals surface area contributed by atoms with Crippen LogP contribution in [0.3, 0.4) is 0 Å². The minimum Gasteiger partial charge on any atom is -0.493 e. The lowest BCUT2D eigenvalue weighted by atomic mass is 9.99. The van der Waals surface area contributed by atoms with Crippen LogP contribution >= 0.6 is 0 Å². The Morgan fingerprint density at radius 2 is 0.776 bits per heavy atom. The van der Waals surface area contributed by atoms with E-state index >= 15 is 0 Å². The molecule has 5 heteroatoms. The molecule has 1 atom stereocenters. The maximum absolute atomic E-state index is 8.68. The van der Waals surface area contributed by atoms with Gasteiger partial charge in [0.1, 0.15) is 0 Å². The Morgan fingerprint density at radius 3 is 1.07 bits per heavy atom. The molecule has 1 fully saturated rings. The van der Waals surface area contributed by atoms with Crippen molar-refractivity contribution in [2.24, 2.45) is 0 Å². The summed E-state index contributed by atoms with van der Waals surface area (Å²) in [7, 11) is 3.41. The van der Waals surface area contributed by atoms with Crippen molar-refractivity contribution in [3.8, 4) is 45.3 Å². The second kappa shape index (κ2) is 39.0. The number of benzene rings is 3. The Balaban J connectivity index is 0.00000171. The summed E-state index contributed by atoms with van der Waals surface area (Å²) in [5.74, 6) is 3.17. The molecule has 1 N–H and O–H groups in total. The minimum atomic E-state index is -0.0973. The highest BCUT2D eigenvalue weighted by Crippen LogP contribution is 2.36. The highest BCUT2D eigenvalue weighted by Gasteiger charge is 2.10. The SMILES string of the molecule is C1CCCC1.C=C.CC.CCCCC(C)O.CCCCCCCCCOc1ccc(-c2ccc(-c3ccc(OCCCCCCCCC)c(OC)c3)cc2)cc1OC. The zero-order chi connectivity index (χ0) is 43.1. The fourth-order valence-corrected chi connectivity index (χ4v) is 6.65. The standard InChI is InChI=1S/C38H54O4.C6H14O.C5H10.C2H6.C2H4/c1-5-7-9-11-13-15-17-27-41-35-25-23-33(29-37(35)39-3)31-19-21-32(22-20-31)34-24-26-36(38(30-34)40-4)42-28-18-16-14-12-10-8-6-2;1-3-4-5-6(2)7;1-2-4-5-3-1;2*1-2/h19-26,29-30H,5-18,27-28H2,1-4H3;6-7H,3-5H2,1-2H3;1-5H2;1-2H3;1-2H2. The van der Waals surface area contributed by atoms with Crippen LogP contribution < -0.4 is 18.9 Å². The van der Waals surface area contributed by atoms with E-state index in [-0.39, 0.29) is 6.10 Å². The molecular weight excluding hydrogens is 717 g/mol. The number of hydrogen-bond acceptors (Lipinski definition) is 5. The first kappa shape index (κ1) is 54.6. The monoisotopic (exact) mass is 805 g/mol. The van der Waals surface area contributed by atoms with Gasteiger partial charge >= 0.3 is 0 Å². The van der Waals surface area contributed by atoms with Gasteiger partial charge in [0.2, 0.25) is 0 Å². The summed E-state index contributed by atoms with van der Waals surface area (Å²) in [6.07, 6.45) is 28.5. The van der Waals surface area contributed by atoms with Crippen LogP contribution in [0.5, 0.6) is 23.0 Å². The summed E-state index contributed by atoms with van der Waals surface area (Å²) >= 11 is 0. The van der Waals surface area contributed by atoms with Crippen LogP contribution in [0, 0.1) is 0 Å². The second-order valence-electron chi connectivity index (χ2n) is 15.0. The third-order valence-corrected chi connectivity index (χ3v) is 10.1. The Morgan fingerprint density at radius 1 is 0.466 bits per heavy atom. The first-order chi connectivity index (χ1) is 28.5. The molecule has 0 aliphatic heterocycles. The van der Waals surface area contributed by atoms with Gasteiger partial charge in [-0.3, -0.25) is 0 Å². The van der Waals surface area contributed by atoms with Crippen LogP contribution in [-0.2, 0) is 0 Å². The smallest absolute Gasteiger partial charge is 0.161 e. The van der Waals surface area contributed by atoms with Crippen LogP contribution in [0.25, 0.3) is 22.3 Å². The summed E-state index contributed by atoms with van der Waals surface area (Å²) < 4.78 is 23.5. The van der Waals surface area contributed by atoms with Crippen molar-refractivity contribution in [3.63, 3.8) is 0 Å². The summed E-state index contributed by atoms with van der Waals surface area (Å²) in [6.45, 7) is 19.9. The number of aliphatic hydroxyl groups is 1. The molecule has 0 aromatic heterocycles. The molecule has 1 aliphatic rings. The molecule has 5 nitrogen and oxygen atoms in total. The number of unbranched alkanes of at least 4 members (excludes halogenated alkanes) is 13. The first-order valence-electron chi connectivity index (χ1n) is 23.4. The third kappa shape index (κ3) is 25.8. The Bertz CT molecular complexity index is 1230. The normalized spacial score (nSPS) is 11.9. The lowest BCUT2D eigenvalue weighted by Crippen LogP contribution is -2.00. The maximum Gasteiger partial charge on any atom is 0.161 e. The number of methoxy groups -OCH3 is 2. The van der Waals surface area contributed by atoms with Crippen LogP contribution in [0.4, 0.5) is 0 Å². The molecule has 0 radical (unpaired) electrons. The first-order valence-corrected chi connectivity index (χ1v) is 23.4. The molecule has 1 aliphatic carbocycles. The van der Waals surface area contributed by atoms with Gasteiger partial charge in [-0.05, 0) is 72.7 Å². The van der Waals surface area contributed by atoms with Gasteiger partial charge in [0, 0.05) is 0 Å². The van der Waals surface area contributed by atoms with Gasteiger partial charge in [0.15, 0.2) is 23.0 Å². The quantitative estimate of drug-likeness (QED) is 0.0683. The molecule has 0 heterocycles. The summed E-state index contributed by atoms with van der Waals surface area (Å²) in [5.41, 5.74) is 4.48. The highest BCUT2D eigenvalue weighted by atomic mass is 16.5. The van der Waals surface area contributed by atoms with Crippen LogP contribution in [-0.4, -0.2) is 38.6 Å². The molecule has 4 rings (SSSR count). The van der Waals surface area contributed by atoms with E-state index < -0.39 is 0 Å². The predicted octanol–water partition coefficient (Wildman–Crippen LogP) is 16.6. The molecule has 330 valence electrons. The third-order valence-electron chi connectivity index (χ3n) is 10.1. The van der Waals surface area contributed by atoms with E-state index in [1.165, 1.54) is 116 Å². The molecule has 0 bridgehead atoms. The van der Waals surface area contributed by atoms with Gasteiger partial charge < -0.3 is 24.1 Å². The van der Waals surface area contributed by atoms with Gasteiger partial charge in [-0.1, -0.05) is 193 Å². The number of hydrogen-bond donors (Lipinski definition) is 1. The van der Waals surface area contributed by atoms with Gasteiger partial charge in [-0.25, -0.2) is 0 Å². The molecule has 58 heavy (non-hydrogen) atoms. The number of rotatable bonds is 25. The molecule has 0 spiro atoms. The Labute approximate surface area is 358 Å². The lowest BCUT2D eigenvalue weighted by molar-refractivity contribution is 0.181. The lowest BCUT2D eigenvalue weighted by Gasteiger charge is -2.14. The van der Waals surface area contributed by atoms with Crippen molar-refractivity contribution in [1.29, 1.82) is 0 Å². The largest absolute Gasteiger partial charge is 0.493 e.